The molecule has 0 spiro atoms. The molecule has 5 heteroatoms. The zero-order valence-electron chi connectivity index (χ0n) is 8.54. The van der Waals surface area contributed by atoms with Crippen molar-refractivity contribution in [1.82, 2.24) is 9.97 Å². The van der Waals surface area contributed by atoms with Crippen molar-refractivity contribution in [2.75, 3.05) is 5.73 Å². The summed E-state index contributed by atoms with van der Waals surface area (Å²) < 4.78 is 13.4. The molecule has 2 rings (SSSR count). The highest BCUT2D eigenvalue weighted by Gasteiger charge is 2.10. The topological polar surface area (TPSA) is 51.8 Å². The standard InChI is InChI=1S/C11H9ClFN3/c1-6-2-3-7(4-8(6)13)10-9(12)11(14)16-5-15-10/h2-5H,1H3,(H2,14,15,16). The van der Waals surface area contributed by atoms with E-state index in [1.807, 2.05) is 0 Å². The van der Waals surface area contributed by atoms with Crippen molar-refractivity contribution in [3.8, 4) is 11.3 Å². The predicted octanol–water partition coefficient (Wildman–Crippen LogP) is 2.83. The van der Waals surface area contributed by atoms with Crippen LogP contribution in [0.25, 0.3) is 11.3 Å². The van der Waals surface area contributed by atoms with Crippen LogP contribution in [0.4, 0.5) is 10.2 Å². The van der Waals surface area contributed by atoms with Gasteiger partial charge in [0.2, 0.25) is 0 Å². The largest absolute Gasteiger partial charge is 0.382 e. The summed E-state index contributed by atoms with van der Waals surface area (Å²) in [6.07, 6.45) is 1.30. The van der Waals surface area contributed by atoms with E-state index in [1.54, 1.807) is 19.1 Å². The van der Waals surface area contributed by atoms with Crippen molar-refractivity contribution in [2.24, 2.45) is 0 Å². The molecule has 0 aliphatic rings. The predicted molar refractivity (Wildman–Crippen MR) is 61.6 cm³/mol. The molecule has 0 amide bonds. The first kappa shape index (κ1) is 10.8. The van der Waals surface area contributed by atoms with Gasteiger partial charge in [-0.15, -0.1) is 0 Å². The number of nitrogen functional groups attached to an aromatic ring is 1. The molecule has 2 N–H and O–H groups in total. The molecule has 1 heterocycles. The molecule has 0 aliphatic heterocycles. The zero-order valence-corrected chi connectivity index (χ0v) is 9.29. The third-order valence-electron chi connectivity index (χ3n) is 2.26. The Balaban J connectivity index is 2.59. The Morgan fingerprint density at radius 1 is 1.31 bits per heavy atom. The minimum Gasteiger partial charge on any atom is -0.382 e. The van der Waals surface area contributed by atoms with Gasteiger partial charge in [-0.1, -0.05) is 23.7 Å². The minimum atomic E-state index is -0.300. The van der Waals surface area contributed by atoms with Gasteiger partial charge in [-0.05, 0) is 18.6 Å². The van der Waals surface area contributed by atoms with Gasteiger partial charge in [-0.25, -0.2) is 14.4 Å². The van der Waals surface area contributed by atoms with E-state index in [4.69, 9.17) is 17.3 Å². The molecular formula is C11H9ClFN3. The Morgan fingerprint density at radius 2 is 2.06 bits per heavy atom. The highest BCUT2D eigenvalue weighted by Crippen LogP contribution is 2.29. The van der Waals surface area contributed by atoms with E-state index < -0.39 is 0 Å². The second kappa shape index (κ2) is 4.06. The smallest absolute Gasteiger partial charge is 0.146 e. The van der Waals surface area contributed by atoms with Gasteiger partial charge in [-0.2, -0.15) is 0 Å². The summed E-state index contributed by atoms with van der Waals surface area (Å²) >= 11 is 5.95. The molecule has 1 aromatic carbocycles. The molecule has 0 bridgehead atoms. The molecule has 0 saturated carbocycles. The van der Waals surface area contributed by atoms with Crippen LogP contribution in [-0.2, 0) is 0 Å². The number of benzene rings is 1. The molecule has 0 atom stereocenters. The number of nitrogens with zero attached hydrogens (tertiary/aromatic N) is 2. The molecule has 82 valence electrons. The van der Waals surface area contributed by atoms with Crippen LogP contribution in [-0.4, -0.2) is 9.97 Å². The molecular weight excluding hydrogens is 229 g/mol. The van der Waals surface area contributed by atoms with Crippen LogP contribution in [0.15, 0.2) is 24.5 Å². The van der Waals surface area contributed by atoms with E-state index in [-0.39, 0.29) is 16.7 Å². The van der Waals surface area contributed by atoms with E-state index in [0.29, 0.717) is 16.8 Å². The van der Waals surface area contributed by atoms with Crippen LogP contribution in [0.1, 0.15) is 5.56 Å². The lowest BCUT2D eigenvalue weighted by Gasteiger charge is -2.05. The van der Waals surface area contributed by atoms with Gasteiger partial charge in [0.05, 0.1) is 5.69 Å². The Kier molecular flexibility index (Phi) is 2.75. The Labute approximate surface area is 97.1 Å². The molecule has 0 unspecified atom stereocenters. The maximum Gasteiger partial charge on any atom is 0.146 e. The van der Waals surface area contributed by atoms with Gasteiger partial charge < -0.3 is 5.73 Å². The Morgan fingerprint density at radius 3 is 2.75 bits per heavy atom. The molecule has 0 fully saturated rings. The molecule has 0 radical (unpaired) electrons. The number of halogens is 2. The maximum atomic E-state index is 13.4. The van der Waals surface area contributed by atoms with Crippen molar-refractivity contribution in [3.05, 3.63) is 40.9 Å². The number of rotatable bonds is 1. The van der Waals surface area contributed by atoms with Crippen molar-refractivity contribution < 1.29 is 4.39 Å². The fraction of sp³-hybridized carbons (Fsp3) is 0.0909. The fourth-order valence-corrected chi connectivity index (χ4v) is 1.53. The zero-order chi connectivity index (χ0) is 11.7. The summed E-state index contributed by atoms with van der Waals surface area (Å²) in [4.78, 5) is 7.74. The van der Waals surface area contributed by atoms with Crippen LogP contribution in [0.2, 0.25) is 5.02 Å². The first-order valence-corrected chi connectivity index (χ1v) is 5.00. The van der Waals surface area contributed by atoms with Crippen molar-refractivity contribution >= 4 is 17.4 Å². The van der Waals surface area contributed by atoms with Crippen LogP contribution in [0.5, 0.6) is 0 Å². The average Bonchev–Trinajstić information content (AvgIpc) is 2.26. The maximum absolute atomic E-state index is 13.4. The molecule has 0 aliphatic carbocycles. The minimum absolute atomic E-state index is 0.188. The Hall–Kier alpha value is -1.68. The second-order valence-corrected chi connectivity index (χ2v) is 3.76. The lowest BCUT2D eigenvalue weighted by Crippen LogP contribution is -1.96. The van der Waals surface area contributed by atoms with Crippen LogP contribution < -0.4 is 5.73 Å². The average molecular weight is 238 g/mol. The quantitative estimate of drug-likeness (QED) is 0.830. The van der Waals surface area contributed by atoms with Gasteiger partial charge in [0.15, 0.2) is 0 Å². The molecule has 2 aromatic rings. The lowest BCUT2D eigenvalue weighted by molar-refractivity contribution is 0.619. The number of hydrogen-bond acceptors (Lipinski definition) is 3. The fourth-order valence-electron chi connectivity index (χ4n) is 1.32. The molecule has 0 saturated heterocycles. The Bertz CT molecular complexity index is 543. The first-order valence-electron chi connectivity index (χ1n) is 4.62. The van der Waals surface area contributed by atoms with Gasteiger partial charge in [0, 0.05) is 5.56 Å². The monoisotopic (exact) mass is 237 g/mol. The number of anilines is 1. The van der Waals surface area contributed by atoms with Gasteiger partial charge in [-0.3, -0.25) is 0 Å². The van der Waals surface area contributed by atoms with E-state index >= 15 is 0 Å². The van der Waals surface area contributed by atoms with Gasteiger partial charge >= 0.3 is 0 Å². The number of aromatic nitrogens is 2. The van der Waals surface area contributed by atoms with Crippen LogP contribution in [0, 0.1) is 12.7 Å². The van der Waals surface area contributed by atoms with Crippen molar-refractivity contribution in [2.45, 2.75) is 6.92 Å². The summed E-state index contributed by atoms with van der Waals surface area (Å²) in [5.74, 6) is -0.113. The third-order valence-corrected chi connectivity index (χ3v) is 2.63. The van der Waals surface area contributed by atoms with Crippen LogP contribution >= 0.6 is 11.6 Å². The molecule has 1 aromatic heterocycles. The summed E-state index contributed by atoms with van der Waals surface area (Å²) in [5, 5.41) is 0.241. The summed E-state index contributed by atoms with van der Waals surface area (Å²) in [5.41, 5.74) is 7.14. The first-order chi connectivity index (χ1) is 7.59. The highest BCUT2D eigenvalue weighted by atomic mass is 35.5. The summed E-state index contributed by atoms with van der Waals surface area (Å²) in [6, 6.07) is 4.79. The van der Waals surface area contributed by atoms with Gasteiger partial charge in [0.1, 0.15) is 23.0 Å². The van der Waals surface area contributed by atoms with Crippen molar-refractivity contribution in [3.63, 3.8) is 0 Å². The second-order valence-electron chi connectivity index (χ2n) is 3.39. The van der Waals surface area contributed by atoms with E-state index in [9.17, 15) is 4.39 Å². The lowest BCUT2D eigenvalue weighted by atomic mass is 10.1. The van der Waals surface area contributed by atoms with E-state index in [0.717, 1.165) is 0 Å². The summed E-state index contributed by atoms with van der Waals surface area (Å²) in [7, 11) is 0. The number of nitrogens with two attached hydrogens (primary N) is 1. The van der Waals surface area contributed by atoms with Crippen molar-refractivity contribution in [1.29, 1.82) is 0 Å². The normalized spacial score (nSPS) is 10.4. The number of aryl methyl sites for hydroxylation is 1. The van der Waals surface area contributed by atoms with Gasteiger partial charge in [0.25, 0.3) is 0 Å². The molecule has 3 nitrogen and oxygen atoms in total. The SMILES string of the molecule is Cc1ccc(-c2ncnc(N)c2Cl)cc1F. The summed E-state index contributed by atoms with van der Waals surface area (Å²) in [6.45, 7) is 1.69. The highest BCUT2D eigenvalue weighted by molar-refractivity contribution is 6.35. The van der Waals surface area contributed by atoms with Crippen LogP contribution in [0.3, 0.4) is 0 Å². The van der Waals surface area contributed by atoms with E-state index in [2.05, 4.69) is 9.97 Å². The van der Waals surface area contributed by atoms with E-state index in [1.165, 1.54) is 12.4 Å². The molecule has 16 heavy (non-hydrogen) atoms. The third kappa shape index (κ3) is 1.84. The number of hydrogen-bond donors (Lipinski definition) is 1.